The van der Waals surface area contributed by atoms with E-state index in [0.29, 0.717) is 5.56 Å². The fourth-order valence-corrected chi connectivity index (χ4v) is 2.48. The molecule has 0 fully saturated rings. The van der Waals surface area contributed by atoms with Crippen LogP contribution in [0.4, 0.5) is 0 Å². The number of hydrogen-bond donors (Lipinski definition) is 1. The maximum absolute atomic E-state index is 12.0. The van der Waals surface area contributed by atoms with E-state index in [1.807, 2.05) is 39.0 Å². The summed E-state index contributed by atoms with van der Waals surface area (Å²) in [6.07, 6.45) is 0. The highest BCUT2D eigenvalue weighted by molar-refractivity contribution is 5.94. The Morgan fingerprint density at radius 1 is 0.926 bits per heavy atom. The monoisotopic (exact) mass is 369 g/mol. The Morgan fingerprint density at radius 2 is 1.52 bits per heavy atom. The number of hydrogen-bond acceptors (Lipinski definition) is 5. The highest BCUT2D eigenvalue weighted by Crippen LogP contribution is 2.16. The average molecular weight is 369 g/mol. The molecule has 0 aromatic heterocycles. The molecule has 0 bridgehead atoms. The zero-order valence-corrected chi connectivity index (χ0v) is 15.9. The number of esters is 2. The first-order valence-electron chi connectivity index (χ1n) is 8.54. The topological polar surface area (TPSA) is 81.7 Å². The van der Waals surface area contributed by atoms with Gasteiger partial charge >= 0.3 is 11.9 Å². The van der Waals surface area contributed by atoms with Crippen LogP contribution in [0.15, 0.2) is 42.5 Å². The summed E-state index contributed by atoms with van der Waals surface area (Å²) >= 11 is 0. The van der Waals surface area contributed by atoms with E-state index in [0.717, 1.165) is 11.1 Å². The van der Waals surface area contributed by atoms with Crippen molar-refractivity contribution in [2.24, 2.45) is 0 Å². The van der Waals surface area contributed by atoms with E-state index in [-0.39, 0.29) is 24.1 Å². The van der Waals surface area contributed by atoms with Crippen LogP contribution in [0.25, 0.3) is 0 Å². The molecule has 0 aliphatic heterocycles. The molecule has 0 heterocycles. The summed E-state index contributed by atoms with van der Waals surface area (Å²) in [6, 6.07) is 11.6. The van der Waals surface area contributed by atoms with Crippen LogP contribution in [0.3, 0.4) is 0 Å². The van der Waals surface area contributed by atoms with E-state index in [2.05, 4.69) is 10.1 Å². The van der Waals surface area contributed by atoms with E-state index in [1.165, 1.54) is 36.9 Å². The van der Waals surface area contributed by atoms with E-state index in [1.54, 1.807) is 0 Å². The van der Waals surface area contributed by atoms with Crippen LogP contribution in [0.2, 0.25) is 0 Å². The van der Waals surface area contributed by atoms with Crippen molar-refractivity contribution >= 4 is 17.8 Å². The predicted octanol–water partition coefficient (Wildman–Crippen LogP) is 3.12. The zero-order valence-electron chi connectivity index (χ0n) is 15.9. The molecule has 0 aliphatic rings. The number of nitrogens with one attached hydrogen (secondary N) is 1. The Balaban J connectivity index is 1.88. The molecule has 1 amide bonds. The van der Waals surface area contributed by atoms with Gasteiger partial charge in [0, 0.05) is 0 Å². The third-order valence-electron chi connectivity index (χ3n) is 4.28. The van der Waals surface area contributed by atoms with Gasteiger partial charge in [0.25, 0.3) is 5.91 Å². The maximum atomic E-state index is 12.0. The standard InChI is InChI=1S/C21H23NO5/c1-13-5-6-18(11-14(13)2)15(3)22-19(23)12-27-21(25)17-9-7-16(8-10-17)20(24)26-4/h5-11,15H,12H2,1-4H3,(H,22,23)/t15-/m0/s1. The first-order chi connectivity index (χ1) is 12.8. The van der Waals surface area contributed by atoms with Crippen molar-refractivity contribution in [3.8, 4) is 0 Å². The van der Waals surface area contributed by atoms with Gasteiger partial charge in [0.15, 0.2) is 6.61 Å². The maximum Gasteiger partial charge on any atom is 0.338 e. The molecule has 6 heteroatoms. The summed E-state index contributed by atoms with van der Waals surface area (Å²) in [7, 11) is 1.28. The van der Waals surface area contributed by atoms with Gasteiger partial charge in [-0.1, -0.05) is 18.2 Å². The largest absolute Gasteiger partial charge is 0.465 e. The lowest BCUT2D eigenvalue weighted by Gasteiger charge is -2.15. The Labute approximate surface area is 158 Å². The van der Waals surface area contributed by atoms with E-state index in [9.17, 15) is 14.4 Å². The number of aryl methyl sites for hydroxylation is 2. The second-order valence-corrected chi connectivity index (χ2v) is 6.28. The third kappa shape index (κ3) is 5.41. The fourth-order valence-electron chi connectivity index (χ4n) is 2.48. The normalized spacial score (nSPS) is 11.4. The van der Waals surface area contributed by atoms with Gasteiger partial charge in [-0.3, -0.25) is 4.79 Å². The number of rotatable bonds is 6. The molecule has 2 aromatic carbocycles. The third-order valence-corrected chi connectivity index (χ3v) is 4.28. The zero-order chi connectivity index (χ0) is 20.0. The number of carbonyl (C=O) groups excluding carboxylic acids is 3. The molecule has 1 N–H and O–H groups in total. The second-order valence-electron chi connectivity index (χ2n) is 6.28. The minimum absolute atomic E-state index is 0.199. The molecule has 142 valence electrons. The first kappa shape index (κ1) is 20.2. The fraction of sp³-hybridized carbons (Fsp3) is 0.286. The van der Waals surface area contributed by atoms with Gasteiger partial charge in [-0.25, -0.2) is 9.59 Å². The molecule has 0 saturated carbocycles. The SMILES string of the molecule is COC(=O)c1ccc(C(=O)OCC(=O)N[C@@H](C)c2ccc(C)c(C)c2)cc1. The van der Waals surface area contributed by atoms with Crippen molar-refractivity contribution < 1.29 is 23.9 Å². The Kier molecular flexibility index (Phi) is 6.71. The van der Waals surface area contributed by atoms with Gasteiger partial charge in [0.2, 0.25) is 0 Å². The van der Waals surface area contributed by atoms with E-state index in [4.69, 9.17) is 4.74 Å². The summed E-state index contributed by atoms with van der Waals surface area (Å²) < 4.78 is 9.62. The van der Waals surface area contributed by atoms with Gasteiger partial charge in [0.05, 0.1) is 24.3 Å². The summed E-state index contributed by atoms with van der Waals surface area (Å²) in [5, 5.41) is 2.80. The van der Waals surface area contributed by atoms with Crippen LogP contribution in [0.1, 0.15) is 50.4 Å². The van der Waals surface area contributed by atoms with Crippen LogP contribution in [-0.4, -0.2) is 31.6 Å². The van der Waals surface area contributed by atoms with Crippen molar-refractivity contribution in [2.45, 2.75) is 26.8 Å². The number of amides is 1. The van der Waals surface area contributed by atoms with Crippen molar-refractivity contribution in [3.05, 3.63) is 70.3 Å². The molecule has 1 atom stereocenters. The van der Waals surface area contributed by atoms with Crippen LogP contribution in [0.5, 0.6) is 0 Å². The van der Waals surface area contributed by atoms with Crippen LogP contribution < -0.4 is 5.32 Å². The van der Waals surface area contributed by atoms with Crippen LogP contribution in [-0.2, 0) is 14.3 Å². The van der Waals surface area contributed by atoms with Crippen LogP contribution >= 0.6 is 0 Å². The Bertz CT molecular complexity index is 842. The summed E-state index contributed by atoms with van der Waals surface area (Å²) in [4.78, 5) is 35.4. The summed E-state index contributed by atoms with van der Waals surface area (Å²) in [5.74, 6) is -1.52. The molecule has 2 rings (SSSR count). The molecule has 2 aromatic rings. The summed E-state index contributed by atoms with van der Waals surface area (Å²) in [6.45, 7) is 5.53. The van der Waals surface area contributed by atoms with Crippen molar-refractivity contribution in [2.75, 3.05) is 13.7 Å². The van der Waals surface area contributed by atoms with Crippen molar-refractivity contribution in [1.82, 2.24) is 5.32 Å². The Morgan fingerprint density at radius 3 is 2.07 bits per heavy atom. The van der Waals surface area contributed by atoms with Crippen molar-refractivity contribution in [1.29, 1.82) is 0 Å². The molecule has 0 radical (unpaired) electrons. The molecule has 0 aliphatic carbocycles. The quantitative estimate of drug-likeness (QED) is 0.791. The molecular formula is C21H23NO5. The van der Waals surface area contributed by atoms with Gasteiger partial charge in [-0.15, -0.1) is 0 Å². The lowest BCUT2D eigenvalue weighted by Crippen LogP contribution is -2.31. The smallest absolute Gasteiger partial charge is 0.338 e. The van der Waals surface area contributed by atoms with E-state index < -0.39 is 11.9 Å². The summed E-state index contributed by atoms with van der Waals surface area (Å²) in [5.41, 5.74) is 3.89. The predicted molar refractivity (Wildman–Crippen MR) is 101 cm³/mol. The number of ether oxygens (including phenoxy) is 2. The van der Waals surface area contributed by atoms with Gasteiger partial charge in [-0.2, -0.15) is 0 Å². The highest BCUT2D eigenvalue weighted by Gasteiger charge is 2.14. The average Bonchev–Trinajstić information content (AvgIpc) is 2.67. The number of methoxy groups -OCH3 is 1. The second kappa shape index (κ2) is 8.98. The number of carbonyl (C=O) groups is 3. The minimum atomic E-state index is -0.639. The van der Waals surface area contributed by atoms with Crippen molar-refractivity contribution in [3.63, 3.8) is 0 Å². The first-order valence-corrected chi connectivity index (χ1v) is 8.54. The molecule has 0 unspecified atom stereocenters. The van der Waals surface area contributed by atoms with Gasteiger partial charge in [-0.05, 0) is 61.7 Å². The molecule has 6 nitrogen and oxygen atoms in total. The molecule has 0 saturated heterocycles. The van der Waals surface area contributed by atoms with Gasteiger partial charge in [0.1, 0.15) is 0 Å². The Hall–Kier alpha value is -3.15. The van der Waals surface area contributed by atoms with E-state index >= 15 is 0 Å². The molecule has 27 heavy (non-hydrogen) atoms. The minimum Gasteiger partial charge on any atom is -0.465 e. The van der Waals surface area contributed by atoms with Gasteiger partial charge < -0.3 is 14.8 Å². The lowest BCUT2D eigenvalue weighted by molar-refractivity contribution is -0.124. The molecule has 0 spiro atoms. The number of benzene rings is 2. The van der Waals surface area contributed by atoms with Crippen LogP contribution in [0, 0.1) is 13.8 Å². The highest BCUT2D eigenvalue weighted by atomic mass is 16.5. The lowest BCUT2D eigenvalue weighted by atomic mass is 10.0. The molecular weight excluding hydrogens is 346 g/mol.